The zero-order valence-corrected chi connectivity index (χ0v) is 14.5. The van der Waals surface area contributed by atoms with Gasteiger partial charge in [-0.15, -0.1) is 0 Å². The van der Waals surface area contributed by atoms with Gasteiger partial charge < -0.3 is 4.57 Å². The van der Waals surface area contributed by atoms with Gasteiger partial charge in [0.1, 0.15) is 5.82 Å². The normalized spacial score (nSPS) is 13.5. The van der Waals surface area contributed by atoms with E-state index in [1.165, 1.54) is 11.6 Å². The maximum absolute atomic E-state index is 11.9. The number of aromatic nitrogens is 4. The van der Waals surface area contributed by atoms with Crippen LogP contribution in [0.25, 0.3) is 11.2 Å². The van der Waals surface area contributed by atoms with E-state index in [0.29, 0.717) is 42.7 Å². The maximum atomic E-state index is 11.9. The summed E-state index contributed by atoms with van der Waals surface area (Å²) in [6.45, 7) is 1.55. The fourth-order valence-corrected chi connectivity index (χ4v) is 3.06. The van der Waals surface area contributed by atoms with Crippen LogP contribution in [0.2, 0.25) is 0 Å². The van der Waals surface area contributed by atoms with Crippen LogP contribution in [0.5, 0.6) is 0 Å². The summed E-state index contributed by atoms with van der Waals surface area (Å²) in [5, 5.41) is 0. The van der Waals surface area contributed by atoms with Crippen molar-refractivity contribution in [3.63, 3.8) is 0 Å². The Morgan fingerprint density at radius 3 is 2.54 bits per heavy atom. The minimum absolute atomic E-state index is 0.323. The lowest BCUT2D eigenvalue weighted by atomic mass is 10.1. The van der Waals surface area contributed by atoms with Crippen LogP contribution in [0.3, 0.4) is 0 Å². The first-order valence-corrected chi connectivity index (χ1v) is 8.77. The molecular weight excluding hydrogens is 340 g/mol. The molecule has 0 spiro atoms. The van der Waals surface area contributed by atoms with Gasteiger partial charge in [-0.1, -0.05) is 6.42 Å². The molecule has 0 saturated heterocycles. The van der Waals surface area contributed by atoms with Crippen molar-refractivity contribution in [2.75, 3.05) is 0 Å². The van der Waals surface area contributed by atoms with Crippen LogP contribution in [0.4, 0.5) is 0 Å². The Labute approximate surface area is 138 Å². The van der Waals surface area contributed by atoms with Crippen molar-refractivity contribution in [2.24, 2.45) is 14.1 Å². The van der Waals surface area contributed by atoms with E-state index in [2.05, 4.69) is 14.2 Å². The first-order chi connectivity index (χ1) is 11.1. The fraction of sp³-hybridized carbons (Fsp3) is 0.615. The molecule has 0 aromatic carbocycles. The van der Waals surface area contributed by atoms with Gasteiger partial charge in [-0.3, -0.25) is 18.9 Å². The third kappa shape index (κ3) is 4.10. The average Bonchev–Trinajstić information content (AvgIpc) is 2.77. The molecule has 0 bridgehead atoms. The molecular formula is C13H20N4O6S. The molecule has 1 atom stereocenters. The standard InChI is InChI=1S/C13H20N4O6S/c1-8(23-24(20,21)22)6-4-5-7-9-14-11-10(16(9)2)12(18)15-13(19)17(11)3/h8H,4-7H2,1-3H3,(H,15,18,19)(H,20,21,22)/t8-/m0/s1. The van der Waals surface area contributed by atoms with Gasteiger partial charge in [0, 0.05) is 20.5 Å². The lowest BCUT2D eigenvalue weighted by Gasteiger charge is -2.09. The topological polar surface area (TPSA) is 136 Å². The molecule has 10 nitrogen and oxygen atoms in total. The predicted octanol–water partition coefficient (Wildman–Crippen LogP) is -0.119. The number of hydrogen-bond acceptors (Lipinski definition) is 6. The Morgan fingerprint density at radius 2 is 1.92 bits per heavy atom. The van der Waals surface area contributed by atoms with Gasteiger partial charge in [0.2, 0.25) is 0 Å². The van der Waals surface area contributed by atoms with Crippen LogP contribution in [-0.4, -0.2) is 38.2 Å². The smallest absolute Gasteiger partial charge is 0.325 e. The number of fused-ring (bicyclic) bond motifs is 1. The molecule has 0 radical (unpaired) electrons. The van der Waals surface area contributed by atoms with Crippen molar-refractivity contribution in [3.05, 3.63) is 26.7 Å². The van der Waals surface area contributed by atoms with Crippen molar-refractivity contribution >= 4 is 21.6 Å². The summed E-state index contributed by atoms with van der Waals surface area (Å²) in [7, 11) is -1.20. The fourth-order valence-electron chi connectivity index (χ4n) is 2.55. The molecule has 0 fully saturated rings. The van der Waals surface area contributed by atoms with Crippen LogP contribution >= 0.6 is 0 Å². The molecule has 11 heteroatoms. The number of imidazole rings is 1. The average molecular weight is 360 g/mol. The number of aryl methyl sites for hydroxylation is 3. The molecule has 0 aliphatic carbocycles. The molecule has 0 aliphatic rings. The second-order valence-electron chi connectivity index (χ2n) is 5.66. The van der Waals surface area contributed by atoms with E-state index in [4.69, 9.17) is 4.55 Å². The molecule has 0 aliphatic heterocycles. The minimum atomic E-state index is -4.44. The Hall–Kier alpha value is -1.98. The second kappa shape index (κ2) is 6.87. The Kier molecular flexibility index (Phi) is 5.26. The number of nitrogens with one attached hydrogen (secondary N) is 1. The number of unbranched alkanes of at least 4 members (excludes halogenated alkanes) is 1. The van der Waals surface area contributed by atoms with Crippen LogP contribution < -0.4 is 11.2 Å². The van der Waals surface area contributed by atoms with E-state index in [-0.39, 0.29) is 0 Å². The van der Waals surface area contributed by atoms with Gasteiger partial charge in [0.25, 0.3) is 5.56 Å². The molecule has 2 aromatic heterocycles. The third-order valence-electron chi connectivity index (χ3n) is 3.77. The van der Waals surface area contributed by atoms with E-state index in [1.54, 1.807) is 18.5 Å². The molecule has 2 N–H and O–H groups in total. The highest BCUT2D eigenvalue weighted by atomic mass is 32.3. The highest BCUT2D eigenvalue weighted by Gasteiger charge is 2.15. The zero-order valence-electron chi connectivity index (χ0n) is 13.6. The molecule has 134 valence electrons. The number of H-pyrrole nitrogens is 1. The van der Waals surface area contributed by atoms with Gasteiger partial charge in [-0.25, -0.2) is 14.0 Å². The molecule has 0 amide bonds. The maximum Gasteiger partial charge on any atom is 0.397 e. The van der Waals surface area contributed by atoms with E-state index < -0.39 is 27.8 Å². The lowest BCUT2D eigenvalue weighted by molar-refractivity contribution is 0.186. The number of aromatic amines is 1. The highest BCUT2D eigenvalue weighted by molar-refractivity contribution is 7.80. The van der Waals surface area contributed by atoms with Crippen molar-refractivity contribution in [2.45, 2.75) is 38.7 Å². The number of rotatable bonds is 7. The van der Waals surface area contributed by atoms with Crippen LogP contribution in [-0.2, 0) is 35.1 Å². The van der Waals surface area contributed by atoms with Gasteiger partial charge in [-0.2, -0.15) is 8.42 Å². The molecule has 0 unspecified atom stereocenters. The summed E-state index contributed by atoms with van der Waals surface area (Å²) < 4.78 is 37.1. The van der Waals surface area contributed by atoms with E-state index in [1.807, 2.05) is 0 Å². The summed E-state index contributed by atoms with van der Waals surface area (Å²) in [5.41, 5.74) is -0.350. The van der Waals surface area contributed by atoms with E-state index in [0.717, 1.165) is 0 Å². The minimum Gasteiger partial charge on any atom is -0.325 e. The molecule has 2 aromatic rings. The molecule has 0 saturated carbocycles. The summed E-state index contributed by atoms with van der Waals surface area (Å²) >= 11 is 0. The summed E-state index contributed by atoms with van der Waals surface area (Å²) in [6.07, 6.45) is 1.71. The summed E-state index contributed by atoms with van der Waals surface area (Å²) in [4.78, 5) is 30.1. The van der Waals surface area contributed by atoms with E-state index >= 15 is 0 Å². The van der Waals surface area contributed by atoms with E-state index in [9.17, 15) is 18.0 Å². The molecule has 2 heterocycles. The van der Waals surface area contributed by atoms with Gasteiger partial charge in [0.15, 0.2) is 11.2 Å². The number of hydrogen-bond donors (Lipinski definition) is 2. The largest absolute Gasteiger partial charge is 0.397 e. The van der Waals surface area contributed by atoms with Crippen LogP contribution in [0.15, 0.2) is 9.59 Å². The van der Waals surface area contributed by atoms with Crippen molar-refractivity contribution in [3.8, 4) is 0 Å². The van der Waals surface area contributed by atoms with Crippen molar-refractivity contribution in [1.82, 2.24) is 19.1 Å². The Morgan fingerprint density at radius 1 is 1.25 bits per heavy atom. The third-order valence-corrected chi connectivity index (χ3v) is 4.35. The SMILES string of the molecule is C[C@@H](CCCCc1nc2c(c(=O)[nH]c(=O)n2C)n1C)OS(=O)(=O)O. The molecule has 2 rings (SSSR count). The first-order valence-electron chi connectivity index (χ1n) is 7.40. The lowest BCUT2D eigenvalue weighted by Crippen LogP contribution is -2.29. The zero-order chi connectivity index (χ0) is 18.1. The predicted molar refractivity (Wildman–Crippen MR) is 86.2 cm³/mol. The monoisotopic (exact) mass is 360 g/mol. The van der Waals surface area contributed by atoms with Gasteiger partial charge in [-0.05, 0) is 19.8 Å². The second-order valence-corrected chi connectivity index (χ2v) is 6.71. The molecule has 24 heavy (non-hydrogen) atoms. The van der Waals surface area contributed by atoms with Crippen molar-refractivity contribution < 1.29 is 17.2 Å². The van der Waals surface area contributed by atoms with Gasteiger partial charge in [0.05, 0.1) is 6.10 Å². The number of nitrogens with zero attached hydrogens (tertiary/aromatic N) is 3. The summed E-state index contributed by atoms with van der Waals surface area (Å²) in [5.74, 6) is 0.653. The summed E-state index contributed by atoms with van der Waals surface area (Å²) in [6, 6.07) is 0. The van der Waals surface area contributed by atoms with Gasteiger partial charge >= 0.3 is 16.1 Å². The Balaban J connectivity index is 2.05. The Bertz CT molecular complexity index is 955. The highest BCUT2D eigenvalue weighted by Crippen LogP contribution is 2.13. The quantitative estimate of drug-likeness (QED) is 0.519. The van der Waals surface area contributed by atoms with Crippen LogP contribution in [0, 0.1) is 0 Å². The van der Waals surface area contributed by atoms with Crippen molar-refractivity contribution in [1.29, 1.82) is 0 Å². The van der Waals surface area contributed by atoms with Crippen LogP contribution in [0.1, 0.15) is 32.0 Å². The first kappa shape index (κ1) is 18.4.